The lowest BCUT2D eigenvalue weighted by Gasteiger charge is -2.38. The van der Waals surface area contributed by atoms with Crippen molar-refractivity contribution < 1.29 is 4.79 Å². The van der Waals surface area contributed by atoms with Gasteiger partial charge in [-0.2, -0.15) is 0 Å². The van der Waals surface area contributed by atoms with E-state index in [2.05, 4.69) is 16.9 Å². The number of H-pyrrole nitrogens is 1. The van der Waals surface area contributed by atoms with Gasteiger partial charge in [0.1, 0.15) is 0 Å². The van der Waals surface area contributed by atoms with E-state index in [1.54, 1.807) is 0 Å². The van der Waals surface area contributed by atoms with Crippen molar-refractivity contribution >= 4 is 16.8 Å². The Morgan fingerprint density at radius 2 is 2.05 bits per heavy atom. The second kappa shape index (κ2) is 5.33. The van der Waals surface area contributed by atoms with Crippen LogP contribution < -0.4 is 5.56 Å². The summed E-state index contributed by atoms with van der Waals surface area (Å²) in [6, 6.07) is 8.99. The average Bonchev–Trinajstić information content (AvgIpc) is 2.45. The smallest absolute Gasteiger partial charge is 0.255 e. The van der Waals surface area contributed by atoms with Crippen molar-refractivity contribution in [2.24, 2.45) is 0 Å². The van der Waals surface area contributed by atoms with Crippen LogP contribution in [0.5, 0.6) is 0 Å². The number of aromatic amines is 1. The van der Waals surface area contributed by atoms with Gasteiger partial charge >= 0.3 is 0 Å². The van der Waals surface area contributed by atoms with Crippen molar-refractivity contribution in [2.75, 3.05) is 26.7 Å². The van der Waals surface area contributed by atoms with Gasteiger partial charge in [0.2, 0.25) is 5.56 Å². The Morgan fingerprint density at radius 1 is 1.29 bits per heavy atom. The normalized spacial score (nSPS) is 19.9. The molecular weight excluding hydrogens is 266 g/mol. The van der Waals surface area contributed by atoms with Crippen molar-refractivity contribution in [1.29, 1.82) is 0 Å². The highest BCUT2D eigenvalue weighted by Gasteiger charge is 2.27. The van der Waals surface area contributed by atoms with Crippen molar-refractivity contribution in [3.8, 4) is 0 Å². The second-order valence-electron chi connectivity index (χ2n) is 5.70. The molecule has 5 nitrogen and oxygen atoms in total. The second-order valence-corrected chi connectivity index (χ2v) is 5.70. The Kier molecular flexibility index (Phi) is 3.51. The summed E-state index contributed by atoms with van der Waals surface area (Å²) < 4.78 is 0. The quantitative estimate of drug-likeness (QED) is 0.859. The number of amides is 1. The van der Waals surface area contributed by atoms with Gasteiger partial charge in [-0.15, -0.1) is 0 Å². The SMILES string of the molecule is C[C@H]1CN(C)CCN1C(=O)c1cc(=O)[nH]c2ccccc12. The van der Waals surface area contributed by atoms with Crippen molar-refractivity contribution in [3.63, 3.8) is 0 Å². The highest BCUT2D eigenvalue weighted by molar-refractivity contribution is 6.06. The summed E-state index contributed by atoms with van der Waals surface area (Å²) in [5, 5.41) is 0.799. The average molecular weight is 285 g/mol. The fourth-order valence-corrected chi connectivity index (χ4v) is 2.98. The molecule has 1 amide bonds. The minimum Gasteiger partial charge on any atom is -0.333 e. The fraction of sp³-hybridized carbons (Fsp3) is 0.375. The van der Waals surface area contributed by atoms with Crippen LogP contribution in [-0.4, -0.2) is 53.4 Å². The molecule has 0 aliphatic carbocycles. The number of nitrogens with zero attached hydrogens (tertiary/aromatic N) is 2. The molecule has 5 heteroatoms. The monoisotopic (exact) mass is 285 g/mol. The molecule has 1 aliphatic rings. The number of hydrogen-bond acceptors (Lipinski definition) is 3. The lowest BCUT2D eigenvalue weighted by Crippen LogP contribution is -2.52. The third kappa shape index (κ3) is 2.56. The number of hydrogen-bond donors (Lipinski definition) is 1. The largest absolute Gasteiger partial charge is 0.333 e. The van der Waals surface area contributed by atoms with Crippen molar-refractivity contribution in [2.45, 2.75) is 13.0 Å². The highest BCUT2D eigenvalue weighted by Crippen LogP contribution is 2.19. The molecular formula is C16H19N3O2. The number of para-hydroxylation sites is 1. The first-order chi connectivity index (χ1) is 10.1. The number of benzene rings is 1. The zero-order chi connectivity index (χ0) is 15.0. The Labute approximate surface area is 123 Å². The molecule has 1 fully saturated rings. The number of carbonyl (C=O) groups is 1. The standard InChI is InChI=1S/C16H19N3O2/c1-11-10-18(2)7-8-19(11)16(21)13-9-15(20)17-14-6-4-3-5-12(13)14/h3-6,9,11H,7-8,10H2,1-2H3,(H,17,20)/t11-/m0/s1. The molecule has 0 unspecified atom stereocenters. The maximum atomic E-state index is 12.8. The van der Waals surface area contributed by atoms with E-state index in [-0.39, 0.29) is 17.5 Å². The molecule has 0 radical (unpaired) electrons. The summed E-state index contributed by atoms with van der Waals surface area (Å²) in [6.45, 7) is 4.45. The number of aromatic nitrogens is 1. The van der Waals surface area contributed by atoms with Crippen LogP contribution in [0.4, 0.5) is 0 Å². The van der Waals surface area contributed by atoms with E-state index < -0.39 is 0 Å². The third-order valence-electron chi connectivity index (χ3n) is 4.07. The molecule has 1 saturated heterocycles. The van der Waals surface area contributed by atoms with E-state index in [1.807, 2.05) is 36.1 Å². The zero-order valence-electron chi connectivity index (χ0n) is 12.3. The molecule has 1 aliphatic heterocycles. The Morgan fingerprint density at radius 3 is 2.81 bits per heavy atom. The molecule has 0 bridgehead atoms. The highest BCUT2D eigenvalue weighted by atomic mass is 16.2. The molecule has 1 atom stereocenters. The van der Waals surface area contributed by atoms with Gasteiger partial charge in [0.25, 0.3) is 5.91 Å². The van der Waals surface area contributed by atoms with Crippen LogP contribution in [0, 0.1) is 0 Å². The summed E-state index contributed by atoms with van der Waals surface area (Å²) in [4.78, 5) is 31.5. The van der Waals surface area contributed by atoms with Crippen molar-refractivity contribution in [3.05, 3.63) is 46.2 Å². The van der Waals surface area contributed by atoms with Gasteiger partial charge in [0, 0.05) is 42.6 Å². The van der Waals surface area contributed by atoms with Gasteiger partial charge in [0.15, 0.2) is 0 Å². The number of pyridine rings is 1. The topological polar surface area (TPSA) is 56.4 Å². The van der Waals surface area contributed by atoms with Crippen LogP contribution in [0.15, 0.2) is 35.1 Å². The minimum absolute atomic E-state index is 0.0575. The van der Waals surface area contributed by atoms with Crippen LogP contribution in [0.2, 0.25) is 0 Å². The van der Waals surface area contributed by atoms with Crippen LogP contribution >= 0.6 is 0 Å². The lowest BCUT2D eigenvalue weighted by molar-refractivity contribution is 0.0535. The van der Waals surface area contributed by atoms with Gasteiger partial charge < -0.3 is 14.8 Å². The third-order valence-corrected chi connectivity index (χ3v) is 4.07. The predicted octanol–water partition coefficient (Wildman–Crippen LogP) is 1.30. The van der Waals surface area contributed by atoms with Crippen LogP contribution in [0.3, 0.4) is 0 Å². The molecule has 3 rings (SSSR count). The maximum Gasteiger partial charge on any atom is 0.255 e. The van der Waals surface area contributed by atoms with Crippen LogP contribution in [0.25, 0.3) is 10.9 Å². The number of fused-ring (bicyclic) bond motifs is 1. The summed E-state index contributed by atoms with van der Waals surface area (Å²) >= 11 is 0. The summed E-state index contributed by atoms with van der Waals surface area (Å²) in [5.74, 6) is -0.0575. The summed E-state index contributed by atoms with van der Waals surface area (Å²) in [5.41, 5.74) is 0.958. The van der Waals surface area contributed by atoms with Gasteiger partial charge in [-0.1, -0.05) is 18.2 Å². The molecule has 0 saturated carbocycles. The number of piperazine rings is 1. The zero-order valence-corrected chi connectivity index (χ0v) is 12.3. The van der Waals surface area contributed by atoms with Crippen LogP contribution in [-0.2, 0) is 0 Å². The van der Waals surface area contributed by atoms with Gasteiger partial charge in [-0.3, -0.25) is 9.59 Å². The van der Waals surface area contributed by atoms with E-state index in [4.69, 9.17) is 0 Å². The van der Waals surface area contributed by atoms with Gasteiger partial charge in [0.05, 0.1) is 5.56 Å². The van der Waals surface area contributed by atoms with E-state index in [0.29, 0.717) is 17.6 Å². The number of carbonyl (C=O) groups excluding carboxylic acids is 1. The summed E-state index contributed by atoms with van der Waals surface area (Å²) in [7, 11) is 2.06. The molecule has 2 aromatic rings. The molecule has 1 N–H and O–H groups in total. The number of likely N-dealkylation sites (N-methyl/N-ethyl adjacent to an activating group) is 1. The molecule has 1 aromatic heterocycles. The number of rotatable bonds is 1. The Balaban J connectivity index is 2.04. The Hall–Kier alpha value is -2.14. The molecule has 0 spiro atoms. The fourth-order valence-electron chi connectivity index (χ4n) is 2.98. The molecule has 1 aromatic carbocycles. The number of nitrogens with one attached hydrogen (secondary N) is 1. The lowest BCUT2D eigenvalue weighted by atomic mass is 10.1. The molecule has 21 heavy (non-hydrogen) atoms. The van der Waals surface area contributed by atoms with E-state index in [9.17, 15) is 9.59 Å². The maximum absolute atomic E-state index is 12.8. The van der Waals surface area contributed by atoms with E-state index in [0.717, 1.165) is 18.5 Å². The minimum atomic E-state index is -0.237. The first kappa shape index (κ1) is 13.8. The first-order valence-corrected chi connectivity index (χ1v) is 7.18. The summed E-state index contributed by atoms with van der Waals surface area (Å²) in [6.07, 6.45) is 0. The first-order valence-electron chi connectivity index (χ1n) is 7.18. The van der Waals surface area contributed by atoms with Crippen molar-refractivity contribution in [1.82, 2.24) is 14.8 Å². The van der Waals surface area contributed by atoms with Gasteiger partial charge in [-0.25, -0.2) is 0 Å². The van der Waals surface area contributed by atoms with Crippen LogP contribution in [0.1, 0.15) is 17.3 Å². The molecule has 110 valence electrons. The Bertz CT molecular complexity index is 738. The van der Waals surface area contributed by atoms with E-state index >= 15 is 0 Å². The predicted molar refractivity (Wildman–Crippen MR) is 82.6 cm³/mol. The van der Waals surface area contributed by atoms with Gasteiger partial charge in [-0.05, 0) is 20.0 Å². The van der Waals surface area contributed by atoms with E-state index in [1.165, 1.54) is 6.07 Å². The molecule has 2 heterocycles.